The number of hydrogen-bond donors (Lipinski definition) is 2. The average molecular weight is 262 g/mol. The summed E-state index contributed by atoms with van der Waals surface area (Å²) in [6.45, 7) is 0.0682. The van der Waals surface area contributed by atoms with E-state index in [1.807, 2.05) is 0 Å². The van der Waals surface area contributed by atoms with Crippen LogP contribution in [0.2, 0.25) is 0 Å². The minimum atomic E-state index is -0.720. The number of benzene rings is 1. The summed E-state index contributed by atoms with van der Waals surface area (Å²) in [5.41, 5.74) is 0.725. The molecule has 0 aliphatic rings. The Labute approximate surface area is 90.7 Å². The summed E-state index contributed by atoms with van der Waals surface area (Å²) in [5.74, 6) is 5.58. The van der Waals surface area contributed by atoms with Gasteiger partial charge in [0.05, 0.1) is 18.2 Å². The summed E-state index contributed by atoms with van der Waals surface area (Å²) in [5, 5.41) is 9.54. The van der Waals surface area contributed by atoms with Gasteiger partial charge in [-0.2, -0.15) is 0 Å². The average Bonchev–Trinajstić information content (AvgIpc) is 2.18. The van der Waals surface area contributed by atoms with Gasteiger partial charge in [0.1, 0.15) is 11.9 Å². The number of halogens is 1. The molecule has 0 heterocycles. The van der Waals surface area contributed by atoms with Gasteiger partial charge in [0.15, 0.2) is 0 Å². The van der Waals surface area contributed by atoms with Crippen LogP contribution in [0, 0.1) is 0 Å². The quantitative estimate of drug-likeness (QED) is 0.804. The first-order valence-electron chi connectivity index (χ1n) is 4.02. The van der Waals surface area contributed by atoms with Gasteiger partial charge in [-0.15, -0.1) is 0 Å². The van der Waals surface area contributed by atoms with Crippen molar-refractivity contribution in [1.29, 1.82) is 0 Å². The Hall–Kier alpha value is -0.620. The maximum absolute atomic E-state index is 9.54. The van der Waals surface area contributed by atoms with E-state index in [4.69, 9.17) is 10.6 Å². The van der Waals surface area contributed by atoms with E-state index in [0.29, 0.717) is 0 Å². The molecule has 0 saturated heterocycles. The van der Waals surface area contributed by atoms with Gasteiger partial charge in [-0.1, -0.05) is 6.07 Å². The molecule has 1 unspecified atom stereocenters. The van der Waals surface area contributed by atoms with Crippen molar-refractivity contribution in [3.63, 3.8) is 0 Å². The topological polar surface area (TPSA) is 64.7 Å². The number of methoxy groups -OCH3 is 1. The van der Waals surface area contributed by atoms with E-state index in [1.165, 1.54) is 0 Å². The standard InChI is InChI=1S/C9H12BrNO3/c1-13-9-3-2-6(4-7(9)10)8(12)5-14-11/h2-4,8,12H,5,11H2,1H3. The molecule has 1 aromatic rings. The highest BCUT2D eigenvalue weighted by Gasteiger charge is 2.09. The van der Waals surface area contributed by atoms with Crippen LogP contribution >= 0.6 is 15.9 Å². The number of hydrogen-bond acceptors (Lipinski definition) is 4. The van der Waals surface area contributed by atoms with Crippen LogP contribution in [0.15, 0.2) is 22.7 Å². The summed E-state index contributed by atoms with van der Waals surface area (Å²) in [4.78, 5) is 4.36. The number of rotatable bonds is 4. The Morgan fingerprint density at radius 1 is 1.57 bits per heavy atom. The minimum Gasteiger partial charge on any atom is -0.496 e. The number of aliphatic hydroxyl groups excluding tert-OH is 1. The minimum absolute atomic E-state index is 0.0682. The lowest BCUT2D eigenvalue weighted by Crippen LogP contribution is -2.10. The predicted molar refractivity (Wildman–Crippen MR) is 55.8 cm³/mol. The first-order chi connectivity index (χ1) is 6.69. The number of ether oxygens (including phenoxy) is 1. The van der Waals surface area contributed by atoms with Crippen LogP contribution in [-0.4, -0.2) is 18.8 Å². The molecule has 0 aromatic heterocycles. The van der Waals surface area contributed by atoms with Crippen LogP contribution in [0.5, 0.6) is 5.75 Å². The lowest BCUT2D eigenvalue weighted by atomic mass is 10.1. The van der Waals surface area contributed by atoms with Gasteiger partial charge < -0.3 is 14.7 Å². The molecule has 4 nitrogen and oxygen atoms in total. The maximum atomic E-state index is 9.54. The molecular weight excluding hydrogens is 250 g/mol. The summed E-state index contributed by atoms with van der Waals surface area (Å²) >= 11 is 3.32. The Bertz CT molecular complexity index is 306. The maximum Gasteiger partial charge on any atom is 0.133 e. The second-order valence-electron chi connectivity index (χ2n) is 2.74. The van der Waals surface area contributed by atoms with Crippen molar-refractivity contribution in [2.24, 2.45) is 5.90 Å². The highest BCUT2D eigenvalue weighted by molar-refractivity contribution is 9.10. The molecule has 1 atom stereocenters. The Balaban J connectivity index is 2.85. The molecular formula is C9H12BrNO3. The molecule has 0 aliphatic carbocycles. The van der Waals surface area contributed by atoms with Crippen molar-refractivity contribution in [3.05, 3.63) is 28.2 Å². The van der Waals surface area contributed by atoms with Gasteiger partial charge in [0.2, 0.25) is 0 Å². The van der Waals surface area contributed by atoms with Crippen molar-refractivity contribution in [2.75, 3.05) is 13.7 Å². The smallest absolute Gasteiger partial charge is 0.133 e. The van der Waals surface area contributed by atoms with Gasteiger partial charge in [0.25, 0.3) is 0 Å². The molecule has 1 aromatic carbocycles. The van der Waals surface area contributed by atoms with Crippen LogP contribution in [0.3, 0.4) is 0 Å². The van der Waals surface area contributed by atoms with Crippen LogP contribution in [0.4, 0.5) is 0 Å². The van der Waals surface area contributed by atoms with E-state index in [0.717, 1.165) is 15.8 Å². The second-order valence-corrected chi connectivity index (χ2v) is 3.60. The van der Waals surface area contributed by atoms with Gasteiger partial charge in [-0.25, -0.2) is 5.90 Å². The largest absolute Gasteiger partial charge is 0.496 e. The third kappa shape index (κ3) is 2.68. The molecule has 0 fully saturated rings. The fraction of sp³-hybridized carbons (Fsp3) is 0.333. The molecule has 0 bridgehead atoms. The van der Waals surface area contributed by atoms with Crippen LogP contribution in [0.25, 0.3) is 0 Å². The zero-order chi connectivity index (χ0) is 10.6. The number of aliphatic hydroxyl groups is 1. The molecule has 78 valence electrons. The molecule has 0 aliphatic heterocycles. The van der Waals surface area contributed by atoms with E-state index in [1.54, 1.807) is 25.3 Å². The summed E-state index contributed by atoms with van der Waals surface area (Å²) in [6, 6.07) is 5.29. The highest BCUT2D eigenvalue weighted by Crippen LogP contribution is 2.27. The second kappa shape index (κ2) is 5.31. The Morgan fingerprint density at radius 3 is 2.79 bits per heavy atom. The molecule has 0 saturated carbocycles. The molecule has 1 rings (SSSR count). The van der Waals surface area contributed by atoms with Gasteiger partial charge in [-0.05, 0) is 33.6 Å². The van der Waals surface area contributed by atoms with E-state index < -0.39 is 6.10 Å². The van der Waals surface area contributed by atoms with Crippen LogP contribution in [0.1, 0.15) is 11.7 Å². The van der Waals surface area contributed by atoms with Crippen LogP contribution in [-0.2, 0) is 4.84 Å². The molecule has 5 heteroatoms. The third-order valence-corrected chi connectivity index (χ3v) is 2.43. The predicted octanol–water partition coefficient (Wildman–Crippen LogP) is 1.38. The van der Waals surface area contributed by atoms with E-state index >= 15 is 0 Å². The zero-order valence-electron chi connectivity index (χ0n) is 7.74. The fourth-order valence-electron chi connectivity index (χ4n) is 1.08. The van der Waals surface area contributed by atoms with E-state index in [9.17, 15) is 5.11 Å². The zero-order valence-corrected chi connectivity index (χ0v) is 9.32. The van der Waals surface area contributed by atoms with Crippen LogP contribution < -0.4 is 10.6 Å². The molecule has 0 spiro atoms. The first kappa shape index (κ1) is 11.5. The van der Waals surface area contributed by atoms with Crippen molar-refractivity contribution in [3.8, 4) is 5.75 Å². The van der Waals surface area contributed by atoms with Crippen molar-refractivity contribution < 1.29 is 14.7 Å². The fourth-order valence-corrected chi connectivity index (χ4v) is 1.64. The summed E-state index contributed by atoms with van der Waals surface area (Å²) in [7, 11) is 1.58. The highest BCUT2D eigenvalue weighted by atomic mass is 79.9. The SMILES string of the molecule is COc1ccc(C(O)CON)cc1Br. The monoisotopic (exact) mass is 261 g/mol. The molecule has 0 radical (unpaired) electrons. The molecule has 3 N–H and O–H groups in total. The van der Waals surface area contributed by atoms with Crippen molar-refractivity contribution >= 4 is 15.9 Å². The Kier molecular flexibility index (Phi) is 4.34. The lowest BCUT2D eigenvalue weighted by Gasteiger charge is -2.11. The summed E-state index contributed by atoms with van der Waals surface area (Å²) in [6.07, 6.45) is -0.720. The molecule has 14 heavy (non-hydrogen) atoms. The van der Waals surface area contributed by atoms with Gasteiger partial charge in [0, 0.05) is 0 Å². The third-order valence-electron chi connectivity index (χ3n) is 1.81. The van der Waals surface area contributed by atoms with Gasteiger partial charge >= 0.3 is 0 Å². The lowest BCUT2D eigenvalue weighted by molar-refractivity contribution is 0.0358. The van der Waals surface area contributed by atoms with E-state index in [2.05, 4.69) is 20.8 Å². The normalized spacial score (nSPS) is 12.6. The summed E-state index contributed by atoms with van der Waals surface area (Å²) < 4.78 is 5.84. The Morgan fingerprint density at radius 2 is 2.29 bits per heavy atom. The van der Waals surface area contributed by atoms with Crippen molar-refractivity contribution in [1.82, 2.24) is 0 Å². The van der Waals surface area contributed by atoms with Gasteiger partial charge in [-0.3, -0.25) is 0 Å². The molecule has 0 amide bonds. The first-order valence-corrected chi connectivity index (χ1v) is 4.81. The number of nitrogens with two attached hydrogens (primary N) is 1. The van der Waals surface area contributed by atoms with E-state index in [-0.39, 0.29) is 6.61 Å². The van der Waals surface area contributed by atoms with Crippen molar-refractivity contribution in [2.45, 2.75) is 6.10 Å².